The smallest absolute Gasteiger partial charge is 0.0543 e. The molecule has 58 heavy (non-hydrogen) atoms. The molecule has 6 atom stereocenters. The molecule has 13 rings (SSSR count). The molecule has 2 spiro atoms. The van der Waals surface area contributed by atoms with Crippen LogP contribution in [-0.2, 0) is 21.7 Å². The molecule has 0 N–H and O–H groups in total. The summed E-state index contributed by atoms with van der Waals surface area (Å²) in [7, 11) is 0. The lowest BCUT2D eigenvalue weighted by atomic mass is 9.27. The first-order valence-electron chi connectivity index (χ1n) is 22.5. The van der Waals surface area contributed by atoms with E-state index in [0.29, 0.717) is 5.41 Å². The Morgan fingerprint density at radius 1 is 0.483 bits per heavy atom. The third-order valence-corrected chi connectivity index (χ3v) is 18.0. The Morgan fingerprint density at radius 3 is 1.93 bits per heavy atom. The minimum absolute atomic E-state index is 0.0707. The summed E-state index contributed by atoms with van der Waals surface area (Å²) < 4.78 is 0. The number of rotatable bonds is 4. The van der Waals surface area contributed by atoms with Crippen molar-refractivity contribution < 1.29 is 0 Å². The lowest BCUT2D eigenvalue weighted by Crippen LogP contribution is -2.73. The standard InChI is InChI=1S/C57H55N/c1-53(2)26-27-54(3,4)48-30-36(20-25-45(48)53)35-18-21-38(22-19-35)58(49-17-11-16-46-52(49)42-13-8-9-14-43(42)55(46,5)6)39-23-24-41-40-12-7-10-15-44(40)57(47(41)32-39)50-29-34-28-37-31-51(57)56(37,50)33-34/h7-25,30,32,34,37,50-51H,26-29,31,33H2,1-6H3. The Bertz CT molecular complexity index is 2760. The van der Waals surface area contributed by atoms with Crippen molar-refractivity contribution in [3.05, 3.63) is 161 Å². The second-order valence-corrected chi connectivity index (χ2v) is 21.6. The van der Waals surface area contributed by atoms with Crippen molar-refractivity contribution in [3.8, 4) is 33.4 Å². The van der Waals surface area contributed by atoms with E-state index in [2.05, 4.69) is 174 Å². The van der Waals surface area contributed by atoms with Crippen molar-refractivity contribution >= 4 is 17.1 Å². The molecule has 6 aromatic rings. The number of benzene rings is 6. The third kappa shape index (κ3) is 3.91. The maximum absolute atomic E-state index is 2.67. The highest BCUT2D eigenvalue weighted by Gasteiger charge is 2.84. The van der Waals surface area contributed by atoms with E-state index in [1.165, 1.54) is 111 Å². The molecule has 4 fully saturated rings. The molecule has 7 aliphatic rings. The van der Waals surface area contributed by atoms with Gasteiger partial charge in [0.2, 0.25) is 0 Å². The first-order chi connectivity index (χ1) is 27.9. The van der Waals surface area contributed by atoms with Crippen LogP contribution in [0.5, 0.6) is 0 Å². The first kappa shape index (κ1) is 34.0. The fraction of sp³-hybridized carbons (Fsp3) is 0.368. The Labute approximate surface area is 345 Å². The Kier molecular flexibility index (Phi) is 6.36. The summed E-state index contributed by atoms with van der Waals surface area (Å²) in [5, 5.41) is 0. The van der Waals surface area contributed by atoms with E-state index < -0.39 is 0 Å². The van der Waals surface area contributed by atoms with Crippen molar-refractivity contribution in [2.75, 3.05) is 4.90 Å². The number of anilines is 3. The third-order valence-electron chi connectivity index (χ3n) is 18.0. The minimum atomic E-state index is -0.0707. The zero-order valence-corrected chi connectivity index (χ0v) is 35.1. The summed E-state index contributed by atoms with van der Waals surface area (Å²) in [6, 6.07) is 50.3. The zero-order chi connectivity index (χ0) is 39.1. The number of hydrogen-bond donors (Lipinski definition) is 0. The van der Waals surface area contributed by atoms with Gasteiger partial charge in [-0.1, -0.05) is 139 Å². The van der Waals surface area contributed by atoms with Crippen LogP contribution in [0.3, 0.4) is 0 Å². The predicted octanol–water partition coefficient (Wildman–Crippen LogP) is 14.8. The second-order valence-electron chi connectivity index (χ2n) is 21.6. The lowest BCUT2D eigenvalue weighted by molar-refractivity contribution is -0.231. The van der Waals surface area contributed by atoms with E-state index >= 15 is 0 Å². The summed E-state index contributed by atoms with van der Waals surface area (Å²) in [5.41, 5.74) is 22.3. The van der Waals surface area contributed by atoms with Crippen LogP contribution in [0.4, 0.5) is 17.1 Å². The molecular weight excluding hydrogens is 699 g/mol. The summed E-state index contributed by atoms with van der Waals surface area (Å²) in [6.07, 6.45) is 8.30. The van der Waals surface area contributed by atoms with Gasteiger partial charge < -0.3 is 4.90 Å². The number of hydrogen-bond acceptors (Lipinski definition) is 1. The summed E-state index contributed by atoms with van der Waals surface area (Å²) in [5.74, 6) is 3.49. The highest BCUT2D eigenvalue weighted by atomic mass is 15.1. The first-order valence-corrected chi connectivity index (χ1v) is 22.5. The molecule has 1 heteroatoms. The van der Waals surface area contributed by atoms with E-state index in [1.54, 1.807) is 11.1 Å². The number of nitrogens with zero attached hydrogens (tertiary/aromatic N) is 1. The molecule has 0 radical (unpaired) electrons. The van der Waals surface area contributed by atoms with E-state index in [-0.39, 0.29) is 21.7 Å². The van der Waals surface area contributed by atoms with Gasteiger partial charge >= 0.3 is 0 Å². The van der Waals surface area contributed by atoms with Gasteiger partial charge in [0.05, 0.1) is 5.69 Å². The van der Waals surface area contributed by atoms with Crippen LogP contribution in [0.2, 0.25) is 0 Å². The summed E-state index contributed by atoms with van der Waals surface area (Å²) in [6.45, 7) is 14.5. The molecule has 2 bridgehead atoms. The SMILES string of the molecule is CC1(C)CCC(C)(C)c2cc(-c3ccc(N(c4ccc5c(c4)C4(c6ccccc6-5)C5CC6CC7CC4C75C6)c4cccc5c4-c4ccccc4C5(C)C)cc3)ccc21. The van der Waals surface area contributed by atoms with Crippen LogP contribution in [0.25, 0.3) is 33.4 Å². The molecule has 1 nitrogen and oxygen atoms in total. The molecule has 7 aliphatic carbocycles. The summed E-state index contributed by atoms with van der Waals surface area (Å²) >= 11 is 0. The molecule has 6 unspecified atom stereocenters. The van der Waals surface area contributed by atoms with Crippen molar-refractivity contribution in [2.24, 2.45) is 29.1 Å². The quantitative estimate of drug-likeness (QED) is 0.173. The molecule has 4 saturated carbocycles. The molecule has 0 aliphatic heterocycles. The minimum Gasteiger partial charge on any atom is -0.310 e. The van der Waals surface area contributed by atoms with Crippen LogP contribution in [0, 0.1) is 29.1 Å². The van der Waals surface area contributed by atoms with Crippen molar-refractivity contribution in [1.29, 1.82) is 0 Å². The van der Waals surface area contributed by atoms with Gasteiger partial charge in [0.1, 0.15) is 0 Å². The molecule has 0 aromatic heterocycles. The van der Waals surface area contributed by atoms with Crippen molar-refractivity contribution in [1.82, 2.24) is 0 Å². The second kappa shape index (κ2) is 10.8. The monoisotopic (exact) mass is 753 g/mol. The lowest BCUT2D eigenvalue weighted by Gasteiger charge is -2.76. The Hall–Kier alpha value is -4.88. The molecule has 0 saturated heterocycles. The van der Waals surface area contributed by atoms with Crippen LogP contribution < -0.4 is 4.90 Å². The topological polar surface area (TPSA) is 3.24 Å². The average Bonchev–Trinajstić information content (AvgIpc) is 3.92. The van der Waals surface area contributed by atoms with E-state index in [0.717, 1.165) is 23.7 Å². The Balaban J connectivity index is 0.994. The van der Waals surface area contributed by atoms with Crippen molar-refractivity contribution in [2.45, 2.75) is 102 Å². The van der Waals surface area contributed by atoms with Gasteiger partial charge in [0.25, 0.3) is 0 Å². The largest absolute Gasteiger partial charge is 0.310 e. The van der Waals surface area contributed by atoms with Crippen LogP contribution in [0.15, 0.2) is 127 Å². The van der Waals surface area contributed by atoms with Crippen LogP contribution in [-0.4, -0.2) is 0 Å². The molecule has 6 aromatic carbocycles. The molecule has 0 amide bonds. The zero-order valence-electron chi connectivity index (χ0n) is 35.1. The highest BCUT2D eigenvalue weighted by molar-refractivity contribution is 5.96. The fourth-order valence-corrected chi connectivity index (χ4v) is 15.4. The molecule has 0 heterocycles. The van der Waals surface area contributed by atoms with Gasteiger partial charge in [-0.2, -0.15) is 0 Å². The highest BCUT2D eigenvalue weighted by Crippen LogP contribution is 2.89. The van der Waals surface area contributed by atoms with Gasteiger partial charge in [0.15, 0.2) is 0 Å². The molecule has 288 valence electrons. The van der Waals surface area contributed by atoms with E-state index in [9.17, 15) is 0 Å². The van der Waals surface area contributed by atoms with Gasteiger partial charge in [-0.05, 0) is 170 Å². The Morgan fingerprint density at radius 2 is 1.14 bits per heavy atom. The van der Waals surface area contributed by atoms with Crippen molar-refractivity contribution in [3.63, 3.8) is 0 Å². The number of fused-ring (bicyclic) bond motifs is 12. The maximum atomic E-state index is 2.67. The van der Waals surface area contributed by atoms with Crippen LogP contribution >= 0.6 is 0 Å². The van der Waals surface area contributed by atoms with E-state index in [1.807, 2.05) is 0 Å². The van der Waals surface area contributed by atoms with Gasteiger partial charge in [-0.25, -0.2) is 0 Å². The molecular formula is C57H55N. The average molecular weight is 754 g/mol. The van der Waals surface area contributed by atoms with E-state index in [4.69, 9.17) is 0 Å². The summed E-state index contributed by atoms with van der Waals surface area (Å²) in [4.78, 5) is 2.62. The maximum Gasteiger partial charge on any atom is 0.0543 e. The van der Waals surface area contributed by atoms with Gasteiger partial charge in [-0.3, -0.25) is 0 Å². The van der Waals surface area contributed by atoms with Gasteiger partial charge in [0, 0.05) is 27.8 Å². The fourth-order valence-electron chi connectivity index (χ4n) is 15.4. The predicted molar refractivity (Wildman–Crippen MR) is 240 cm³/mol. The normalized spacial score (nSPS) is 29.7. The van der Waals surface area contributed by atoms with Gasteiger partial charge in [-0.15, -0.1) is 0 Å². The van der Waals surface area contributed by atoms with Crippen LogP contribution in [0.1, 0.15) is 113 Å².